The predicted octanol–water partition coefficient (Wildman–Crippen LogP) is 2.37. The number of carbonyl (C=O) groups is 1. The van der Waals surface area contributed by atoms with Gasteiger partial charge in [0.1, 0.15) is 15.5 Å². The van der Waals surface area contributed by atoms with Crippen molar-refractivity contribution in [2.75, 3.05) is 37.3 Å². The molecule has 3 aromatic rings. The molecule has 0 unspecified atom stereocenters. The number of rotatable bonds is 5. The molecule has 0 atom stereocenters. The molecule has 1 fully saturated rings. The number of nitrogen functional groups attached to an aromatic ring is 1. The van der Waals surface area contributed by atoms with Gasteiger partial charge in [0.2, 0.25) is 0 Å². The third kappa shape index (κ3) is 3.50. The van der Waals surface area contributed by atoms with Crippen LogP contribution in [0.25, 0.3) is 21.6 Å². The van der Waals surface area contributed by atoms with Crippen molar-refractivity contribution in [3.05, 3.63) is 29.4 Å². The Morgan fingerprint density at radius 3 is 2.68 bits per heavy atom. The summed E-state index contributed by atoms with van der Waals surface area (Å²) in [5, 5.41) is 13.0. The van der Waals surface area contributed by atoms with Gasteiger partial charge in [0, 0.05) is 37.6 Å². The second-order valence-corrected chi connectivity index (χ2v) is 7.66. The summed E-state index contributed by atoms with van der Waals surface area (Å²) in [6.07, 6.45) is 6.55. The minimum atomic E-state index is -0.0428. The Hall–Kier alpha value is -2.78. The van der Waals surface area contributed by atoms with E-state index in [1.54, 1.807) is 12.4 Å². The number of aliphatic hydroxyl groups is 1. The van der Waals surface area contributed by atoms with Crippen LogP contribution < -0.4 is 11.1 Å². The van der Waals surface area contributed by atoms with Gasteiger partial charge >= 0.3 is 0 Å². The largest absolute Gasteiger partial charge is 0.397 e. The number of hydrogen-bond donors (Lipinski definition) is 3. The number of fused-ring (bicyclic) bond motifs is 1. The first-order valence-electron chi connectivity index (χ1n) is 9.33. The molecule has 0 bridgehead atoms. The number of nitrogens with one attached hydrogen (secondary N) is 1. The smallest absolute Gasteiger partial charge is 0.266 e. The van der Waals surface area contributed by atoms with Gasteiger partial charge in [-0.25, -0.2) is 9.97 Å². The highest BCUT2D eigenvalue weighted by molar-refractivity contribution is 7.21. The van der Waals surface area contributed by atoms with Crippen LogP contribution in [0.3, 0.4) is 0 Å². The third-order valence-corrected chi connectivity index (χ3v) is 5.86. The van der Waals surface area contributed by atoms with E-state index in [4.69, 9.17) is 5.73 Å². The lowest BCUT2D eigenvalue weighted by molar-refractivity contribution is 0.0730. The molecule has 1 aliphatic heterocycles. The van der Waals surface area contributed by atoms with Crippen molar-refractivity contribution in [3.8, 4) is 11.4 Å². The van der Waals surface area contributed by atoms with Gasteiger partial charge in [0.25, 0.3) is 5.91 Å². The maximum absolute atomic E-state index is 13.0. The summed E-state index contributed by atoms with van der Waals surface area (Å²) >= 11 is 1.30. The minimum Gasteiger partial charge on any atom is -0.397 e. The zero-order chi connectivity index (χ0) is 19.5. The number of pyridine rings is 1. The molecule has 146 valence electrons. The quantitative estimate of drug-likeness (QED) is 0.604. The number of nitrogens with zero attached hydrogens (tertiary/aromatic N) is 4. The normalized spacial score (nSPS) is 14.4. The number of aromatic nitrogens is 3. The molecule has 4 rings (SSSR count). The topological polar surface area (TPSA) is 117 Å². The van der Waals surface area contributed by atoms with Crippen molar-refractivity contribution >= 4 is 39.0 Å². The fourth-order valence-electron chi connectivity index (χ4n) is 3.35. The second-order valence-electron chi connectivity index (χ2n) is 6.66. The standard InChI is InChI=1S/C19H22N6O2S/c20-14-13-17(22-8-11-26)23-16(12-4-6-21-7-5-12)24-18(13)28-15(14)19(27)25-9-2-1-3-10-25/h4-7,26H,1-3,8-11,20H2,(H,22,23,24). The Morgan fingerprint density at radius 2 is 1.96 bits per heavy atom. The first-order valence-corrected chi connectivity index (χ1v) is 10.1. The Labute approximate surface area is 166 Å². The Bertz CT molecular complexity index is 985. The molecule has 8 nitrogen and oxygen atoms in total. The van der Waals surface area contributed by atoms with Crippen molar-refractivity contribution in [2.45, 2.75) is 19.3 Å². The van der Waals surface area contributed by atoms with Crippen LogP contribution in [-0.2, 0) is 0 Å². The van der Waals surface area contributed by atoms with E-state index in [1.165, 1.54) is 11.3 Å². The Kier molecular flexibility index (Phi) is 5.36. The van der Waals surface area contributed by atoms with E-state index in [9.17, 15) is 9.90 Å². The second kappa shape index (κ2) is 8.07. The number of piperidine rings is 1. The van der Waals surface area contributed by atoms with Gasteiger partial charge in [-0.3, -0.25) is 9.78 Å². The fraction of sp³-hybridized carbons (Fsp3) is 0.368. The van der Waals surface area contributed by atoms with Crippen LogP contribution in [0.1, 0.15) is 28.9 Å². The number of aliphatic hydroxyl groups excluding tert-OH is 1. The summed E-state index contributed by atoms with van der Waals surface area (Å²) in [4.78, 5) is 29.3. The fourth-order valence-corrected chi connectivity index (χ4v) is 4.42. The molecule has 0 spiro atoms. The SMILES string of the molecule is Nc1c(C(=O)N2CCCCC2)sc2nc(-c3ccncc3)nc(NCCO)c12. The molecule has 4 N–H and O–H groups in total. The van der Waals surface area contributed by atoms with Gasteiger partial charge in [-0.05, 0) is 31.4 Å². The van der Waals surface area contributed by atoms with Crippen LogP contribution in [-0.4, -0.2) is 57.1 Å². The number of likely N-dealkylation sites (tertiary alicyclic amines) is 1. The molecule has 0 aromatic carbocycles. The van der Waals surface area contributed by atoms with Crippen LogP contribution in [0, 0.1) is 0 Å². The summed E-state index contributed by atoms with van der Waals surface area (Å²) in [6.45, 7) is 1.80. The molecule has 1 amide bonds. The number of thiophene rings is 1. The molecule has 1 saturated heterocycles. The molecule has 3 aromatic heterocycles. The number of nitrogens with two attached hydrogens (primary N) is 1. The van der Waals surface area contributed by atoms with Gasteiger partial charge in [0.15, 0.2) is 5.82 Å². The molecular weight excluding hydrogens is 376 g/mol. The molecule has 9 heteroatoms. The average molecular weight is 398 g/mol. The van der Waals surface area contributed by atoms with Gasteiger partial charge in [-0.15, -0.1) is 11.3 Å². The van der Waals surface area contributed by atoms with Crippen molar-refractivity contribution in [3.63, 3.8) is 0 Å². The van der Waals surface area contributed by atoms with Crippen LogP contribution in [0.4, 0.5) is 11.5 Å². The van der Waals surface area contributed by atoms with E-state index in [2.05, 4.69) is 20.3 Å². The zero-order valence-corrected chi connectivity index (χ0v) is 16.2. The molecule has 1 aliphatic rings. The number of carbonyl (C=O) groups excluding carboxylic acids is 1. The molecule has 28 heavy (non-hydrogen) atoms. The van der Waals surface area contributed by atoms with Crippen LogP contribution >= 0.6 is 11.3 Å². The highest BCUT2D eigenvalue weighted by Crippen LogP contribution is 2.38. The van der Waals surface area contributed by atoms with E-state index in [1.807, 2.05) is 17.0 Å². The maximum Gasteiger partial charge on any atom is 0.266 e. The average Bonchev–Trinajstić information content (AvgIpc) is 3.09. The van der Waals surface area contributed by atoms with Crippen molar-refractivity contribution in [2.24, 2.45) is 0 Å². The Morgan fingerprint density at radius 1 is 1.21 bits per heavy atom. The zero-order valence-electron chi connectivity index (χ0n) is 15.4. The first-order chi connectivity index (χ1) is 13.7. The van der Waals surface area contributed by atoms with E-state index < -0.39 is 0 Å². The molecule has 0 saturated carbocycles. The summed E-state index contributed by atoms with van der Waals surface area (Å²) in [7, 11) is 0. The van der Waals surface area contributed by atoms with Gasteiger partial charge in [-0.2, -0.15) is 0 Å². The van der Waals surface area contributed by atoms with Crippen molar-refractivity contribution in [1.29, 1.82) is 0 Å². The molecule has 0 radical (unpaired) electrons. The van der Waals surface area contributed by atoms with Crippen molar-refractivity contribution in [1.82, 2.24) is 19.9 Å². The summed E-state index contributed by atoms with van der Waals surface area (Å²) < 4.78 is 0. The predicted molar refractivity (Wildman–Crippen MR) is 110 cm³/mol. The number of hydrogen-bond acceptors (Lipinski definition) is 8. The van der Waals surface area contributed by atoms with Crippen LogP contribution in [0.5, 0.6) is 0 Å². The molecule has 4 heterocycles. The molecular formula is C19H22N6O2S. The van der Waals surface area contributed by atoms with E-state index in [-0.39, 0.29) is 12.5 Å². The highest BCUT2D eigenvalue weighted by atomic mass is 32.1. The van der Waals surface area contributed by atoms with Crippen molar-refractivity contribution < 1.29 is 9.90 Å². The summed E-state index contributed by atoms with van der Waals surface area (Å²) in [5.41, 5.74) is 7.60. The van der Waals surface area contributed by atoms with Gasteiger partial charge in [-0.1, -0.05) is 0 Å². The van der Waals surface area contributed by atoms with Crippen LogP contribution in [0.15, 0.2) is 24.5 Å². The highest BCUT2D eigenvalue weighted by Gasteiger charge is 2.26. The van der Waals surface area contributed by atoms with Gasteiger partial charge in [0.05, 0.1) is 17.7 Å². The van der Waals surface area contributed by atoms with E-state index in [0.29, 0.717) is 39.0 Å². The van der Waals surface area contributed by atoms with Gasteiger partial charge < -0.3 is 21.1 Å². The lowest BCUT2D eigenvalue weighted by Crippen LogP contribution is -2.35. The monoisotopic (exact) mass is 398 g/mol. The minimum absolute atomic E-state index is 0.0420. The summed E-state index contributed by atoms with van der Waals surface area (Å²) in [6, 6.07) is 3.65. The van der Waals surface area contributed by atoms with Crippen LogP contribution in [0.2, 0.25) is 0 Å². The number of amides is 1. The summed E-state index contributed by atoms with van der Waals surface area (Å²) in [5.74, 6) is 1.00. The van der Waals surface area contributed by atoms with E-state index in [0.717, 1.165) is 37.9 Å². The van der Waals surface area contributed by atoms with E-state index >= 15 is 0 Å². The maximum atomic E-state index is 13.0. The lowest BCUT2D eigenvalue weighted by atomic mass is 10.1. The Balaban J connectivity index is 1.81. The third-order valence-electron chi connectivity index (χ3n) is 4.77. The first kappa shape index (κ1) is 18.6. The molecule has 0 aliphatic carbocycles. The lowest BCUT2D eigenvalue weighted by Gasteiger charge is -2.26. The number of anilines is 2.